The fourth-order valence-corrected chi connectivity index (χ4v) is 0.787. The zero-order chi connectivity index (χ0) is 9.78. The summed E-state index contributed by atoms with van der Waals surface area (Å²) in [4.78, 5) is 0. The van der Waals surface area contributed by atoms with Gasteiger partial charge in [-0.25, -0.2) is 0 Å². The average molecular weight is 178 g/mol. The van der Waals surface area contributed by atoms with Crippen molar-refractivity contribution in [3.05, 3.63) is 23.3 Å². The first-order valence-corrected chi connectivity index (χ1v) is 3.80. The maximum Gasteiger partial charge on any atom is 0.416 e. The minimum atomic E-state index is -4.22. The highest BCUT2D eigenvalue weighted by molar-refractivity contribution is 5.26. The molecule has 0 atom stereocenters. The molecule has 70 valence electrons. The molecular formula is C9H13F3. The summed E-state index contributed by atoms with van der Waals surface area (Å²) in [5.41, 5.74) is 0.108. The second-order valence-electron chi connectivity index (χ2n) is 2.79. The molecule has 0 aromatic heterocycles. The van der Waals surface area contributed by atoms with Crippen molar-refractivity contribution in [3.8, 4) is 0 Å². The van der Waals surface area contributed by atoms with Crippen molar-refractivity contribution in [2.75, 3.05) is 0 Å². The number of alkyl halides is 3. The first-order chi connectivity index (χ1) is 5.38. The number of hydrogen-bond donors (Lipinski definition) is 0. The van der Waals surface area contributed by atoms with Gasteiger partial charge in [-0.1, -0.05) is 24.6 Å². The molecule has 0 saturated carbocycles. The van der Waals surface area contributed by atoms with Crippen LogP contribution in [0, 0.1) is 0 Å². The molecule has 0 spiro atoms. The smallest absolute Gasteiger partial charge is 0.166 e. The topological polar surface area (TPSA) is 0 Å². The van der Waals surface area contributed by atoms with Crippen molar-refractivity contribution in [2.24, 2.45) is 0 Å². The molecule has 0 N–H and O–H groups in total. The molecule has 0 nitrogen and oxygen atoms in total. The van der Waals surface area contributed by atoms with Crippen molar-refractivity contribution in [1.29, 1.82) is 0 Å². The van der Waals surface area contributed by atoms with Gasteiger partial charge in [-0.05, 0) is 20.3 Å². The SMILES string of the molecule is CC/C=C(\C=C(C)C)C(F)(F)F. The van der Waals surface area contributed by atoms with Crippen molar-refractivity contribution in [2.45, 2.75) is 33.4 Å². The lowest BCUT2D eigenvalue weighted by molar-refractivity contribution is -0.0884. The van der Waals surface area contributed by atoms with Gasteiger partial charge in [0.05, 0.1) is 5.57 Å². The minimum absolute atomic E-state index is 0.401. The van der Waals surface area contributed by atoms with Gasteiger partial charge in [0.25, 0.3) is 0 Å². The second-order valence-corrected chi connectivity index (χ2v) is 2.79. The third kappa shape index (κ3) is 4.21. The summed E-state index contributed by atoms with van der Waals surface area (Å²) in [5, 5.41) is 0. The molecule has 12 heavy (non-hydrogen) atoms. The van der Waals surface area contributed by atoms with Crippen LogP contribution < -0.4 is 0 Å². The van der Waals surface area contributed by atoms with E-state index in [1.54, 1.807) is 20.8 Å². The third-order valence-electron chi connectivity index (χ3n) is 1.20. The van der Waals surface area contributed by atoms with Crippen LogP contribution in [0.25, 0.3) is 0 Å². The van der Waals surface area contributed by atoms with E-state index in [4.69, 9.17) is 0 Å². The summed E-state index contributed by atoms with van der Waals surface area (Å²) in [5.74, 6) is 0. The largest absolute Gasteiger partial charge is 0.416 e. The van der Waals surface area contributed by atoms with E-state index >= 15 is 0 Å². The van der Waals surface area contributed by atoms with Gasteiger partial charge in [0.1, 0.15) is 0 Å². The number of allylic oxidation sites excluding steroid dienone is 4. The lowest BCUT2D eigenvalue weighted by Gasteiger charge is -2.07. The van der Waals surface area contributed by atoms with Crippen LogP contribution in [0.2, 0.25) is 0 Å². The van der Waals surface area contributed by atoms with Crippen molar-refractivity contribution in [1.82, 2.24) is 0 Å². The van der Waals surface area contributed by atoms with E-state index in [1.807, 2.05) is 0 Å². The quantitative estimate of drug-likeness (QED) is 0.563. The lowest BCUT2D eigenvalue weighted by atomic mass is 10.1. The Hall–Kier alpha value is -0.730. The van der Waals surface area contributed by atoms with Gasteiger partial charge in [0, 0.05) is 0 Å². The molecule has 0 unspecified atom stereocenters. The lowest BCUT2D eigenvalue weighted by Crippen LogP contribution is -2.10. The molecule has 0 aliphatic rings. The maximum atomic E-state index is 12.2. The molecule has 0 rings (SSSR count). The molecule has 0 fully saturated rings. The highest BCUT2D eigenvalue weighted by Gasteiger charge is 2.31. The van der Waals surface area contributed by atoms with Gasteiger partial charge in [-0.15, -0.1) is 0 Å². The van der Waals surface area contributed by atoms with Crippen LogP contribution in [0.3, 0.4) is 0 Å². The third-order valence-corrected chi connectivity index (χ3v) is 1.20. The zero-order valence-corrected chi connectivity index (χ0v) is 7.50. The first kappa shape index (κ1) is 11.3. The molecule has 0 radical (unpaired) electrons. The van der Waals surface area contributed by atoms with E-state index in [0.29, 0.717) is 12.0 Å². The Kier molecular flexibility index (Phi) is 4.07. The van der Waals surface area contributed by atoms with Crippen LogP contribution in [0.1, 0.15) is 27.2 Å². The minimum Gasteiger partial charge on any atom is -0.166 e. The van der Waals surface area contributed by atoms with E-state index < -0.39 is 11.7 Å². The highest BCUT2D eigenvalue weighted by Crippen LogP contribution is 2.27. The highest BCUT2D eigenvalue weighted by atomic mass is 19.4. The van der Waals surface area contributed by atoms with E-state index in [2.05, 4.69) is 0 Å². The molecule has 0 aromatic rings. The summed E-state index contributed by atoms with van der Waals surface area (Å²) >= 11 is 0. The normalized spacial score (nSPS) is 13.0. The van der Waals surface area contributed by atoms with Gasteiger partial charge in [0.15, 0.2) is 0 Å². The van der Waals surface area contributed by atoms with Crippen molar-refractivity contribution >= 4 is 0 Å². The zero-order valence-electron chi connectivity index (χ0n) is 7.50. The summed E-state index contributed by atoms with van der Waals surface area (Å²) in [6, 6.07) is 0. The molecule has 0 aliphatic carbocycles. The van der Waals surface area contributed by atoms with E-state index in [0.717, 1.165) is 6.08 Å². The van der Waals surface area contributed by atoms with Gasteiger partial charge in [-0.2, -0.15) is 13.2 Å². The van der Waals surface area contributed by atoms with Crippen LogP contribution >= 0.6 is 0 Å². The fourth-order valence-electron chi connectivity index (χ4n) is 0.787. The van der Waals surface area contributed by atoms with Gasteiger partial charge in [0.2, 0.25) is 0 Å². The van der Waals surface area contributed by atoms with Crippen molar-refractivity contribution < 1.29 is 13.2 Å². The monoisotopic (exact) mass is 178 g/mol. The molecule has 3 heteroatoms. The molecule has 0 saturated heterocycles. The summed E-state index contributed by atoms with van der Waals surface area (Å²) in [7, 11) is 0. The Morgan fingerprint density at radius 2 is 1.75 bits per heavy atom. The van der Waals surface area contributed by atoms with Crippen LogP contribution in [-0.2, 0) is 0 Å². The second kappa shape index (κ2) is 4.33. The Balaban J connectivity index is 4.70. The Bertz CT molecular complexity index is 192. The summed E-state index contributed by atoms with van der Waals surface area (Å²) in [6.07, 6.45) is -1.47. The summed E-state index contributed by atoms with van der Waals surface area (Å²) in [6.45, 7) is 4.98. The predicted molar refractivity (Wildman–Crippen MR) is 43.9 cm³/mol. The van der Waals surface area contributed by atoms with E-state index in [-0.39, 0.29) is 0 Å². The Morgan fingerprint density at radius 1 is 1.25 bits per heavy atom. The fraction of sp³-hybridized carbons (Fsp3) is 0.556. The molecule has 0 amide bonds. The standard InChI is InChI=1S/C9H13F3/c1-4-5-8(6-7(2)3)9(10,11)12/h5-6H,4H2,1-3H3/b8-5+. The summed E-state index contributed by atoms with van der Waals surface area (Å²) < 4.78 is 36.5. The molecule has 0 bridgehead atoms. The van der Waals surface area contributed by atoms with Crippen LogP contribution in [0.5, 0.6) is 0 Å². The van der Waals surface area contributed by atoms with Crippen LogP contribution in [-0.4, -0.2) is 6.18 Å². The first-order valence-electron chi connectivity index (χ1n) is 3.80. The molecule has 0 aromatic carbocycles. The number of halogens is 3. The van der Waals surface area contributed by atoms with Gasteiger partial charge < -0.3 is 0 Å². The van der Waals surface area contributed by atoms with Gasteiger partial charge >= 0.3 is 6.18 Å². The van der Waals surface area contributed by atoms with E-state index in [9.17, 15) is 13.2 Å². The molecule has 0 heterocycles. The van der Waals surface area contributed by atoms with Crippen LogP contribution in [0.4, 0.5) is 13.2 Å². The Labute approximate surface area is 70.8 Å². The van der Waals surface area contributed by atoms with Crippen LogP contribution in [0.15, 0.2) is 23.3 Å². The Morgan fingerprint density at radius 3 is 2.00 bits per heavy atom. The average Bonchev–Trinajstić information content (AvgIpc) is 1.83. The maximum absolute atomic E-state index is 12.2. The number of hydrogen-bond acceptors (Lipinski definition) is 0. The van der Waals surface area contributed by atoms with Crippen molar-refractivity contribution in [3.63, 3.8) is 0 Å². The molecular weight excluding hydrogens is 165 g/mol. The predicted octanol–water partition coefficient (Wildman–Crippen LogP) is 3.85. The molecule has 0 aliphatic heterocycles. The van der Waals surface area contributed by atoms with Gasteiger partial charge in [-0.3, -0.25) is 0 Å². The number of rotatable bonds is 2. The van der Waals surface area contributed by atoms with E-state index in [1.165, 1.54) is 6.08 Å².